The molecule has 0 aliphatic carbocycles. The quantitative estimate of drug-likeness (QED) is 0.463. The van der Waals surface area contributed by atoms with Crippen LogP contribution in [-0.2, 0) is 24.5 Å². The zero-order valence-electron chi connectivity index (χ0n) is 11.1. The van der Waals surface area contributed by atoms with Crippen LogP contribution in [0.1, 0.15) is 17.5 Å². The third-order valence-electron chi connectivity index (χ3n) is 3.41. The highest BCUT2D eigenvalue weighted by Gasteiger charge is 2.53. The van der Waals surface area contributed by atoms with Gasteiger partial charge in [-0.15, -0.1) is 0 Å². The molecule has 0 spiro atoms. The predicted molar refractivity (Wildman–Crippen MR) is 69.6 cm³/mol. The van der Waals surface area contributed by atoms with E-state index in [1.165, 1.54) is 7.11 Å². The van der Waals surface area contributed by atoms with E-state index in [4.69, 9.17) is 9.47 Å². The van der Waals surface area contributed by atoms with Crippen LogP contribution in [0.5, 0.6) is 0 Å². The molecule has 1 aliphatic rings. The summed E-state index contributed by atoms with van der Waals surface area (Å²) in [5, 5.41) is 0. The number of ether oxygens (including phenoxy) is 2. The number of carbonyl (C=O) groups is 2. The van der Waals surface area contributed by atoms with Gasteiger partial charge < -0.3 is 9.47 Å². The summed E-state index contributed by atoms with van der Waals surface area (Å²) in [4.78, 5) is 24.5. The maximum Gasteiger partial charge on any atom is 0.328 e. The Morgan fingerprint density at radius 3 is 2.74 bits per heavy atom. The Hall–Kier alpha value is -2.10. The maximum atomic E-state index is 12.3. The fourth-order valence-electron chi connectivity index (χ4n) is 2.49. The average molecular weight is 260 g/mol. The van der Waals surface area contributed by atoms with E-state index in [9.17, 15) is 9.59 Å². The number of hydrogen-bond acceptors (Lipinski definition) is 4. The van der Waals surface area contributed by atoms with Gasteiger partial charge in [0.25, 0.3) is 0 Å². The highest BCUT2D eigenvalue weighted by atomic mass is 16.6. The van der Waals surface area contributed by atoms with Crippen molar-refractivity contribution in [1.29, 1.82) is 0 Å². The number of benzene rings is 1. The normalized spacial score (nSPS) is 22.8. The lowest BCUT2D eigenvalue weighted by Crippen LogP contribution is -2.49. The molecule has 1 unspecified atom stereocenters. The molecule has 4 heteroatoms. The van der Waals surface area contributed by atoms with Crippen LogP contribution < -0.4 is 0 Å². The fraction of sp³-hybridized carbons (Fsp3) is 0.333. The molecule has 1 fully saturated rings. The van der Waals surface area contributed by atoms with Gasteiger partial charge in [-0.25, -0.2) is 0 Å². The number of methoxy groups -OCH3 is 1. The van der Waals surface area contributed by atoms with Crippen molar-refractivity contribution in [3.05, 3.63) is 47.5 Å². The minimum atomic E-state index is -1.42. The summed E-state index contributed by atoms with van der Waals surface area (Å²) in [6, 6.07) is 7.25. The van der Waals surface area contributed by atoms with Crippen molar-refractivity contribution in [2.75, 3.05) is 13.7 Å². The molecule has 0 aromatic heterocycles. The van der Waals surface area contributed by atoms with E-state index in [0.717, 1.165) is 5.56 Å². The summed E-state index contributed by atoms with van der Waals surface area (Å²) in [5.41, 5.74) is 0.746. The minimum absolute atomic E-state index is 0.156. The van der Waals surface area contributed by atoms with Crippen molar-refractivity contribution in [3.8, 4) is 0 Å². The highest BCUT2D eigenvalue weighted by molar-refractivity contribution is 6.07. The molecule has 1 saturated heterocycles. The van der Waals surface area contributed by atoms with Crippen LogP contribution in [-0.4, -0.2) is 25.7 Å². The van der Waals surface area contributed by atoms with E-state index < -0.39 is 17.4 Å². The number of esters is 2. The fourth-order valence-corrected chi connectivity index (χ4v) is 2.49. The molecule has 4 nitrogen and oxygen atoms in total. The molecule has 2 rings (SSSR count). The van der Waals surface area contributed by atoms with Gasteiger partial charge in [0, 0.05) is 6.42 Å². The molecule has 1 atom stereocenters. The molecule has 0 amide bonds. The van der Waals surface area contributed by atoms with Gasteiger partial charge in [0.2, 0.25) is 0 Å². The smallest absolute Gasteiger partial charge is 0.328 e. The van der Waals surface area contributed by atoms with Gasteiger partial charge in [-0.05, 0) is 23.6 Å². The zero-order chi connectivity index (χ0) is 14.0. The molecular weight excluding hydrogens is 244 g/mol. The van der Waals surface area contributed by atoms with Crippen LogP contribution in [0.3, 0.4) is 0 Å². The molecule has 0 radical (unpaired) electrons. The predicted octanol–water partition coefficient (Wildman–Crippen LogP) is 1.91. The van der Waals surface area contributed by atoms with Crippen LogP contribution in [0.25, 0.3) is 0 Å². The van der Waals surface area contributed by atoms with Crippen molar-refractivity contribution in [2.45, 2.75) is 18.8 Å². The molecule has 19 heavy (non-hydrogen) atoms. The summed E-state index contributed by atoms with van der Waals surface area (Å²) in [5.74, 6) is -1.17. The molecule has 1 aliphatic heterocycles. The third kappa shape index (κ3) is 2.03. The summed E-state index contributed by atoms with van der Waals surface area (Å²) in [7, 11) is 1.27. The van der Waals surface area contributed by atoms with Crippen molar-refractivity contribution in [2.24, 2.45) is 0 Å². The summed E-state index contributed by atoms with van der Waals surface area (Å²) >= 11 is 0. The second kappa shape index (κ2) is 4.88. The monoisotopic (exact) mass is 260 g/mol. The first-order chi connectivity index (χ1) is 9.02. The summed E-state index contributed by atoms with van der Waals surface area (Å²) in [6.45, 7) is 5.84. The lowest BCUT2D eigenvalue weighted by molar-refractivity contribution is -0.165. The lowest BCUT2D eigenvalue weighted by atomic mass is 9.72. The topological polar surface area (TPSA) is 52.6 Å². The number of hydrogen-bond donors (Lipinski definition) is 0. The van der Waals surface area contributed by atoms with Crippen molar-refractivity contribution in [3.63, 3.8) is 0 Å². The Morgan fingerprint density at radius 2 is 2.11 bits per heavy atom. The molecular formula is C15H16O4. The van der Waals surface area contributed by atoms with Gasteiger partial charge in [0.1, 0.15) is 6.61 Å². The largest absolute Gasteiger partial charge is 0.468 e. The average Bonchev–Trinajstić information content (AvgIpc) is 2.41. The lowest BCUT2D eigenvalue weighted by Gasteiger charge is -2.34. The maximum absolute atomic E-state index is 12.3. The molecule has 100 valence electrons. The Kier molecular flexibility index (Phi) is 3.42. The van der Waals surface area contributed by atoms with E-state index in [1.54, 1.807) is 12.1 Å². The van der Waals surface area contributed by atoms with Crippen LogP contribution in [0.4, 0.5) is 0 Å². The minimum Gasteiger partial charge on any atom is -0.468 e. The summed E-state index contributed by atoms with van der Waals surface area (Å²) < 4.78 is 9.94. The summed E-state index contributed by atoms with van der Waals surface area (Å²) in [6.07, 6.45) is 0.226. The van der Waals surface area contributed by atoms with Gasteiger partial charge in [-0.1, -0.05) is 30.8 Å². The van der Waals surface area contributed by atoms with Crippen LogP contribution in [0.2, 0.25) is 0 Å². The SMILES string of the molecule is C=C1COC(=O)C(C(=O)OC)(c2ccccc2C)C1. The Bertz CT molecular complexity index is 537. The van der Waals surface area contributed by atoms with Gasteiger partial charge in [-0.2, -0.15) is 0 Å². The van der Waals surface area contributed by atoms with E-state index in [-0.39, 0.29) is 13.0 Å². The van der Waals surface area contributed by atoms with Crippen molar-refractivity contribution >= 4 is 11.9 Å². The molecule has 1 aromatic rings. The third-order valence-corrected chi connectivity index (χ3v) is 3.41. The number of cyclic esters (lactones) is 1. The first-order valence-electron chi connectivity index (χ1n) is 6.00. The molecule has 0 N–H and O–H groups in total. The number of rotatable bonds is 2. The van der Waals surface area contributed by atoms with Gasteiger partial charge in [-0.3, -0.25) is 9.59 Å². The zero-order valence-corrected chi connectivity index (χ0v) is 11.1. The van der Waals surface area contributed by atoms with Gasteiger partial charge in [0.05, 0.1) is 7.11 Å². The second-order valence-electron chi connectivity index (χ2n) is 4.71. The van der Waals surface area contributed by atoms with E-state index in [1.807, 2.05) is 19.1 Å². The molecule has 0 saturated carbocycles. The number of carbonyl (C=O) groups excluding carboxylic acids is 2. The van der Waals surface area contributed by atoms with Crippen molar-refractivity contribution in [1.82, 2.24) is 0 Å². The van der Waals surface area contributed by atoms with E-state index >= 15 is 0 Å². The first-order valence-corrected chi connectivity index (χ1v) is 6.00. The Morgan fingerprint density at radius 1 is 1.42 bits per heavy atom. The molecule has 1 aromatic carbocycles. The second-order valence-corrected chi connectivity index (χ2v) is 4.71. The highest BCUT2D eigenvalue weighted by Crippen LogP contribution is 2.38. The Balaban J connectivity index is 2.64. The van der Waals surface area contributed by atoms with Crippen LogP contribution in [0.15, 0.2) is 36.4 Å². The van der Waals surface area contributed by atoms with Crippen molar-refractivity contribution < 1.29 is 19.1 Å². The molecule has 1 heterocycles. The van der Waals surface area contributed by atoms with Gasteiger partial charge in [0.15, 0.2) is 5.41 Å². The van der Waals surface area contributed by atoms with Gasteiger partial charge >= 0.3 is 11.9 Å². The Labute approximate surface area is 112 Å². The van der Waals surface area contributed by atoms with Crippen LogP contribution in [0, 0.1) is 6.92 Å². The molecule has 0 bridgehead atoms. The van der Waals surface area contributed by atoms with E-state index in [0.29, 0.717) is 11.1 Å². The standard InChI is InChI=1S/C15H16O4/c1-10-8-15(13(16)18-3,14(17)19-9-10)12-7-5-4-6-11(12)2/h4-7H,1,8-9H2,2-3H3. The van der Waals surface area contributed by atoms with E-state index in [2.05, 4.69) is 6.58 Å². The van der Waals surface area contributed by atoms with Crippen LogP contribution >= 0.6 is 0 Å². The first kappa shape index (κ1) is 13.3. The number of aryl methyl sites for hydroxylation is 1.